The number of hydrogen-bond acceptors (Lipinski definition) is 3. The van der Waals surface area contributed by atoms with Gasteiger partial charge in [-0.15, -0.1) is 11.8 Å². The first-order valence-electron chi connectivity index (χ1n) is 6.31. The molecule has 2 heterocycles. The van der Waals surface area contributed by atoms with Gasteiger partial charge in [0.1, 0.15) is 0 Å². The SMILES string of the molecule is O=C(O)CSC[C@@H]1CCCN2CCCC[C@@H]12. The molecule has 2 fully saturated rings. The Morgan fingerprint density at radius 2 is 2.06 bits per heavy atom. The van der Waals surface area contributed by atoms with E-state index in [0.29, 0.717) is 0 Å². The molecule has 2 atom stereocenters. The maximum absolute atomic E-state index is 10.5. The van der Waals surface area contributed by atoms with Crippen LogP contribution >= 0.6 is 11.8 Å². The monoisotopic (exact) mass is 243 g/mol. The number of thioether (sulfide) groups is 1. The molecule has 16 heavy (non-hydrogen) atoms. The van der Waals surface area contributed by atoms with Crippen LogP contribution in [-0.4, -0.2) is 46.6 Å². The number of hydrogen-bond donors (Lipinski definition) is 1. The molecule has 0 aliphatic carbocycles. The zero-order valence-electron chi connectivity index (χ0n) is 9.73. The maximum Gasteiger partial charge on any atom is 0.313 e. The minimum Gasteiger partial charge on any atom is -0.481 e. The molecule has 0 aromatic heterocycles. The number of aliphatic carboxylic acids is 1. The summed E-state index contributed by atoms with van der Waals surface area (Å²) in [5.41, 5.74) is 0. The van der Waals surface area contributed by atoms with Gasteiger partial charge in [0.15, 0.2) is 0 Å². The second-order valence-electron chi connectivity index (χ2n) is 4.91. The van der Waals surface area contributed by atoms with Crippen LogP contribution in [0.3, 0.4) is 0 Å². The van der Waals surface area contributed by atoms with Crippen LogP contribution in [-0.2, 0) is 4.79 Å². The molecule has 0 radical (unpaired) electrons. The van der Waals surface area contributed by atoms with Gasteiger partial charge in [-0.25, -0.2) is 0 Å². The number of nitrogens with zero attached hydrogens (tertiary/aromatic N) is 1. The summed E-state index contributed by atoms with van der Waals surface area (Å²) in [6, 6.07) is 0.754. The summed E-state index contributed by atoms with van der Waals surface area (Å²) in [7, 11) is 0. The lowest BCUT2D eigenvalue weighted by molar-refractivity contribution is -0.133. The third kappa shape index (κ3) is 3.14. The lowest BCUT2D eigenvalue weighted by atomic mass is 9.85. The highest BCUT2D eigenvalue weighted by Crippen LogP contribution is 2.32. The van der Waals surface area contributed by atoms with Crippen LogP contribution in [0.2, 0.25) is 0 Å². The van der Waals surface area contributed by atoms with Crippen LogP contribution in [0.1, 0.15) is 32.1 Å². The van der Waals surface area contributed by atoms with Crippen LogP contribution in [0, 0.1) is 5.92 Å². The summed E-state index contributed by atoms with van der Waals surface area (Å²) in [5, 5.41) is 8.64. The van der Waals surface area contributed by atoms with E-state index in [-0.39, 0.29) is 5.75 Å². The Balaban J connectivity index is 1.80. The van der Waals surface area contributed by atoms with E-state index in [2.05, 4.69) is 4.90 Å². The van der Waals surface area contributed by atoms with Gasteiger partial charge in [0, 0.05) is 6.04 Å². The molecule has 0 saturated carbocycles. The number of fused-ring (bicyclic) bond motifs is 1. The fourth-order valence-electron chi connectivity index (χ4n) is 3.07. The smallest absolute Gasteiger partial charge is 0.313 e. The fourth-order valence-corrected chi connectivity index (χ4v) is 4.05. The summed E-state index contributed by atoms with van der Waals surface area (Å²) in [4.78, 5) is 13.1. The van der Waals surface area contributed by atoms with E-state index >= 15 is 0 Å². The average Bonchev–Trinajstić information content (AvgIpc) is 2.29. The van der Waals surface area contributed by atoms with Gasteiger partial charge in [-0.1, -0.05) is 6.42 Å². The van der Waals surface area contributed by atoms with E-state index in [1.807, 2.05) is 0 Å². The topological polar surface area (TPSA) is 40.5 Å². The van der Waals surface area contributed by atoms with Gasteiger partial charge in [-0.3, -0.25) is 4.79 Å². The lowest BCUT2D eigenvalue weighted by Crippen LogP contribution is -2.48. The van der Waals surface area contributed by atoms with Crippen molar-refractivity contribution in [2.45, 2.75) is 38.1 Å². The number of piperidine rings is 2. The molecule has 2 aliphatic rings. The Hall–Kier alpha value is -0.220. The van der Waals surface area contributed by atoms with Crippen molar-refractivity contribution >= 4 is 17.7 Å². The number of carboxylic acid groups (broad SMARTS) is 1. The fraction of sp³-hybridized carbons (Fsp3) is 0.917. The van der Waals surface area contributed by atoms with Crippen molar-refractivity contribution in [3.05, 3.63) is 0 Å². The van der Waals surface area contributed by atoms with Crippen LogP contribution in [0.4, 0.5) is 0 Å². The van der Waals surface area contributed by atoms with Crippen LogP contribution < -0.4 is 0 Å². The first-order valence-corrected chi connectivity index (χ1v) is 7.46. The second-order valence-corrected chi connectivity index (χ2v) is 5.94. The highest BCUT2D eigenvalue weighted by molar-refractivity contribution is 7.99. The van der Waals surface area contributed by atoms with E-state index in [9.17, 15) is 4.79 Å². The summed E-state index contributed by atoms with van der Waals surface area (Å²) in [5.74, 6) is 1.36. The molecule has 0 amide bonds. The van der Waals surface area contributed by atoms with Crippen LogP contribution in [0.5, 0.6) is 0 Å². The number of rotatable bonds is 4. The van der Waals surface area contributed by atoms with Crippen LogP contribution in [0.15, 0.2) is 0 Å². The van der Waals surface area contributed by atoms with Gasteiger partial charge in [-0.2, -0.15) is 0 Å². The molecule has 2 saturated heterocycles. The largest absolute Gasteiger partial charge is 0.481 e. The standard InChI is InChI=1S/C12H21NO2S/c14-12(15)9-16-8-10-4-3-7-13-6-2-1-5-11(10)13/h10-11H,1-9H2,(H,14,15)/t10-,11-/m0/s1. The van der Waals surface area contributed by atoms with Crippen molar-refractivity contribution in [2.24, 2.45) is 5.92 Å². The first-order chi connectivity index (χ1) is 7.77. The third-order valence-corrected chi connectivity index (χ3v) is 4.90. The molecule has 4 heteroatoms. The van der Waals surface area contributed by atoms with Crippen molar-refractivity contribution in [2.75, 3.05) is 24.6 Å². The minimum atomic E-state index is -0.679. The highest BCUT2D eigenvalue weighted by Gasteiger charge is 2.32. The average molecular weight is 243 g/mol. The molecule has 0 spiro atoms. The summed E-state index contributed by atoms with van der Waals surface area (Å²) >= 11 is 1.60. The molecular weight excluding hydrogens is 222 g/mol. The first kappa shape index (κ1) is 12.2. The Labute approximate surface area is 102 Å². The Morgan fingerprint density at radius 3 is 2.88 bits per heavy atom. The zero-order chi connectivity index (χ0) is 11.4. The Morgan fingerprint density at radius 1 is 1.25 bits per heavy atom. The summed E-state index contributed by atoms with van der Waals surface area (Å²) in [6.45, 7) is 2.54. The van der Waals surface area contributed by atoms with E-state index < -0.39 is 5.97 Å². The van der Waals surface area contributed by atoms with Crippen molar-refractivity contribution in [1.82, 2.24) is 4.90 Å². The van der Waals surface area contributed by atoms with Gasteiger partial charge in [0.05, 0.1) is 5.75 Å². The molecule has 92 valence electrons. The normalized spacial score (nSPS) is 31.0. The van der Waals surface area contributed by atoms with Crippen molar-refractivity contribution < 1.29 is 9.90 Å². The van der Waals surface area contributed by atoms with E-state index in [1.54, 1.807) is 11.8 Å². The van der Waals surface area contributed by atoms with Gasteiger partial charge < -0.3 is 10.0 Å². The van der Waals surface area contributed by atoms with E-state index in [4.69, 9.17) is 5.11 Å². The van der Waals surface area contributed by atoms with E-state index in [0.717, 1.165) is 17.7 Å². The van der Waals surface area contributed by atoms with Gasteiger partial charge in [0.2, 0.25) is 0 Å². The Kier molecular flexibility index (Phi) is 4.53. The molecular formula is C12H21NO2S. The Bertz CT molecular complexity index is 245. The molecule has 3 nitrogen and oxygen atoms in total. The summed E-state index contributed by atoms with van der Waals surface area (Å²) in [6.07, 6.45) is 6.65. The second kappa shape index (κ2) is 5.92. The molecule has 0 aromatic carbocycles. The quantitative estimate of drug-likeness (QED) is 0.820. The predicted molar refractivity (Wildman–Crippen MR) is 66.9 cm³/mol. The van der Waals surface area contributed by atoms with Gasteiger partial charge >= 0.3 is 5.97 Å². The molecule has 1 N–H and O–H groups in total. The van der Waals surface area contributed by atoms with Gasteiger partial charge in [-0.05, 0) is 50.4 Å². The molecule has 2 aliphatic heterocycles. The molecule has 0 aromatic rings. The minimum absolute atomic E-state index is 0.267. The predicted octanol–water partition coefficient (Wildman–Crippen LogP) is 2.07. The summed E-state index contributed by atoms with van der Waals surface area (Å²) < 4.78 is 0. The number of carboxylic acids is 1. The molecule has 0 unspecified atom stereocenters. The van der Waals surface area contributed by atoms with Crippen molar-refractivity contribution in [3.8, 4) is 0 Å². The van der Waals surface area contributed by atoms with Crippen molar-refractivity contribution in [1.29, 1.82) is 0 Å². The highest BCUT2D eigenvalue weighted by atomic mass is 32.2. The van der Waals surface area contributed by atoms with Gasteiger partial charge in [0.25, 0.3) is 0 Å². The maximum atomic E-state index is 10.5. The van der Waals surface area contributed by atoms with E-state index in [1.165, 1.54) is 45.2 Å². The van der Waals surface area contributed by atoms with Crippen LogP contribution in [0.25, 0.3) is 0 Å². The number of carbonyl (C=O) groups is 1. The van der Waals surface area contributed by atoms with Crippen molar-refractivity contribution in [3.63, 3.8) is 0 Å². The zero-order valence-corrected chi connectivity index (χ0v) is 10.5. The lowest BCUT2D eigenvalue weighted by Gasteiger charge is -2.44. The molecule has 0 bridgehead atoms. The molecule has 2 rings (SSSR count). The third-order valence-electron chi connectivity index (χ3n) is 3.79.